The summed E-state index contributed by atoms with van der Waals surface area (Å²) in [4.78, 5) is 10.4. The van der Waals surface area contributed by atoms with Gasteiger partial charge in [0.2, 0.25) is 11.6 Å². The highest BCUT2D eigenvalue weighted by atomic mass is 19.2. The summed E-state index contributed by atoms with van der Waals surface area (Å²) in [5, 5.41) is 8.40. The minimum absolute atomic E-state index is 0.333. The lowest BCUT2D eigenvalue weighted by Crippen LogP contribution is -2.16. The maximum Gasteiger partial charge on any atom is 0.219 e. The zero-order valence-corrected chi connectivity index (χ0v) is 5.85. The van der Waals surface area contributed by atoms with Crippen LogP contribution in [0.5, 0.6) is 0 Å². The first kappa shape index (κ1) is 8.99. The fourth-order valence-electron chi connectivity index (χ4n) is 0.848. The molecule has 0 bridgehead atoms. The maximum atomic E-state index is 12.6. The summed E-state index contributed by atoms with van der Waals surface area (Å²) < 4.78 is 37.6. The number of aliphatic hydroxyl groups excluding tert-OH is 1. The Morgan fingerprint density at radius 2 is 2.00 bits per heavy atom. The molecule has 0 heterocycles. The molecule has 0 aromatic carbocycles. The van der Waals surface area contributed by atoms with Crippen LogP contribution in [-0.2, 0) is 4.79 Å². The molecular weight excluding hydrogens is 173 g/mol. The fourth-order valence-corrected chi connectivity index (χ4v) is 0.848. The third-order valence-corrected chi connectivity index (χ3v) is 1.52. The van der Waals surface area contributed by atoms with Crippen LogP contribution in [0.2, 0.25) is 0 Å². The van der Waals surface area contributed by atoms with E-state index in [0.717, 1.165) is 0 Å². The summed E-state index contributed by atoms with van der Waals surface area (Å²) in [7, 11) is 0. The van der Waals surface area contributed by atoms with Gasteiger partial charge in [-0.25, -0.2) is 8.78 Å². The first-order valence-electron chi connectivity index (χ1n) is 3.15. The Bertz CT molecular complexity index is 280. The Balaban J connectivity index is 3.06. The van der Waals surface area contributed by atoms with Crippen molar-refractivity contribution in [3.8, 4) is 0 Å². The van der Waals surface area contributed by atoms with Gasteiger partial charge in [0.05, 0.1) is 12.5 Å². The van der Waals surface area contributed by atoms with E-state index < -0.39 is 35.8 Å². The number of rotatable bonds is 1. The monoisotopic (exact) mass is 178 g/mol. The molecule has 0 saturated heterocycles. The zero-order chi connectivity index (χ0) is 9.30. The normalized spacial score (nSPS) is 24.5. The summed E-state index contributed by atoms with van der Waals surface area (Å²) in [6.45, 7) is -0.894. The number of aliphatic hydroxyl groups is 1. The van der Waals surface area contributed by atoms with Crippen LogP contribution in [0.1, 0.15) is 0 Å². The van der Waals surface area contributed by atoms with Crippen LogP contribution in [0.15, 0.2) is 23.6 Å². The number of hydrogen-bond donors (Lipinski definition) is 1. The van der Waals surface area contributed by atoms with Crippen molar-refractivity contribution < 1.29 is 23.1 Å². The summed E-state index contributed by atoms with van der Waals surface area (Å²) >= 11 is 0. The third-order valence-electron chi connectivity index (χ3n) is 1.52. The molecular formula is C7H5F3O2. The Hall–Kier alpha value is -1.10. The minimum atomic E-state index is -1.65. The summed E-state index contributed by atoms with van der Waals surface area (Å²) in [5.41, 5.74) is 0. The Morgan fingerprint density at radius 3 is 2.50 bits per heavy atom. The second-order valence-corrected chi connectivity index (χ2v) is 2.29. The molecule has 0 spiro atoms. The molecule has 0 aromatic heterocycles. The molecule has 1 atom stereocenters. The van der Waals surface area contributed by atoms with Gasteiger partial charge in [0, 0.05) is 6.08 Å². The quantitative estimate of drug-likeness (QED) is 0.654. The van der Waals surface area contributed by atoms with Crippen molar-refractivity contribution in [3.63, 3.8) is 0 Å². The summed E-state index contributed by atoms with van der Waals surface area (Å²) in [5.74, 6) is -7.31. The molecule has 0 saturated carbocycles. The summed E-state index contributed by atoms with van der Waals surface area (Å²) in [6.07, 6.45) is 0.333. The van der Waals surface area contributed by atoms with Crippen molar-refractivity contribution >= 4 is 5.78 Å². The lowest BCUT2D eigenvalue weighted by atomic mass is 10.00. The van der Waals surface area contributed by atoms with Gasteiger partial charge in [-0.1, -0.05) is 0 Å². The van der Waals surface area contributed by atoms with E-state index in [-0.39, 0.29) is 0 Å². The van der Waals surface area contributed by atoms with Crippen LogP contribution in [-0.4, -0.2) is 17.5 Å². The van der Waals surface area contributed by atoms with Gasteiger partial charge in [0.25, 0.3) is 0 Å². The second kappa shape index (κ2) is 3.10. The van der Waals surface area contributed by atoms with Crippen LogP contribution in [0, 0.1) is 5.92 Å². The van der Waals surface area contributed by atoms with Crippen molar-refractivity contribution in [1.29, 1.82) is 0 Å². The fraction of sp³-hybridized carbons (Fsp3) is 0.286. The second-order valence-electron chi connectivity index (χ2n) is 2.29. The largest absolute Gasteiger partial charge is 0.395 e. The highest BCUT2D eigenvalue weighted by Crippen LogP contribution is 2.30. The molecule has 0 aromatic rings. The van der Waals surface area contributed by atoms with Gasteiger partial charge in [-0.15, -0.1) is 0 Å². The Morgan fingerprint density at radius 1 is 1.42 bits per heavy atom. The number of carbonyl (C=O) groups excluding carboxylic acids is 1. The van der Waals surface area contributed by atoms with Gasteiger partial charge in [0.15, 0.2) is 5.83 Å². The van der Waals surface area contributed by atoms with E-state index in [4.69, 9.17) is 5.11 Å². The molecule has 0 fully saturated rings. The molecule has 0 aliphatic heterocycles. The molecule has 0 amide bonds. The molecule has 12 heavy (non-hydrogen) atoms. The number of ketones is 1. The smallest absolute Gasteiger partial charge is 0.219 e. The average molecular weight is 178 g/mol. The molecule has 1 N–H and O–H groups in total. The number of carbonyl (C=O) groups is 1. The van der Waals surface area contributed by atoms with Crippen LogP contribution >= 0.6 is 0 Å². The van der Waals surface area contributed by atoms with Gasteiger partial charge in [-0.2, -0.15) is 4.39 Å². The van der Waals surface area contributed by atoms with E-state index >= 15 is 0 Å². The van der Waals surface area contributed by atoms with E-state index in [1.54, 1.807) is 0 Å². The molecule has 1 unspecified atom stereocenters. The lowest BCUT2D eigenvalue weighted by molar-refractivity contribution is -0.113. The predicted molar refractivity (Wildman–Crippen MR) is 34.0 cm³/mol. The van der Waals surface area contributed by atoms with Crippen molar-refractivity contribution in [2.75, 3.05) is 6.61 Å². The SMILES string of the molecule is O=C1C=C(F)C(CO)C(F)=C1F. The minimum Gasteiger partial charge on any atom is -0.395 e. The number of allylic oxidation sites excluding steroid dienone is 2. The van der Waals surface area contributed by atoms with Crippen LogP contribution in [0.3, 0.4) is 0 Å². The van der Waals surface area contributed by atoms with E-state index in [9.17, 15) is 18.0 Å². The Labute approximate surface area is 66.0 Å². The average Bonchev–Trinajstić information content (AvgIpc) is 2.01. The van der Waals surface area contributed by atoms with Crippen molar-refractivity contribution in [2.24, 2.45) is 5.92 Å². The first-order chi connectivity index (χ1) is 5.57. The maximum absolute atomic E-state index is 12.6. The van der Waals surface area contributed by atoms with Crippen LogP contribution in [0.25, 0.3) is 0 Å². The molecule has 0 radical (unpaired) electrons. The summed E-state index contributed by atoms with van der Waals surface area (Å²) in [6, 6.07) is 0. The number of hydrogen-bond acceptors (Lipinski definition) is 2. The van der Waals surface area contributed by atoms with Gasteiger partial charge < -0.3 is 5.11 Å². The predicted octanol–water partition coefficient (Wildman–Crippen LogP) is 1.18. The zero-order valence-electron chi connectivity index (χ0n) is 5.85. The Kier molecular flexibility index (Phi) is 2.32. The third kappa shape index (κ3) is 1.27. The molecule has 1 aliphatic rings. The molecule has 1 rings (SSSR count). The van der Waals surface area contributed by atoms with Gasteiger partial charge in [-0.05, 0) is 0 Å². The van der Waals surface area contributed by atoms with E-state index in [0.29, 0.717) is 6.08 Å². The molecule has 1 aliphatic carbocycles. The van der Waals surface area contributed by atoms with E-state index in [1.807, 2.05) is 0 Å². The van der Waals surface area contributed by atoms with Crippen molar-refractivity contribution in [3.05, 3.63) is 23.6 Å². The highest BCUT2D eigenvalue weighted by Gasteiger charge is 2.31. The van der Waals surface area contributed by atoms with Crippen LogP contribution in [0.4, 0.5) is 13.2 Å². The van der Waals surface area contributed by atoms with Crippen molar-refractivity contribution in [2.45, 2.75) is 0 Å². The van der Waals surface area contributed by atoms with Crippen molar-refractivity contribution in [1.82, 2.24) is 0 Å². The van der Waals surface area contributed by atoms with Gasteiger partial charge in [0.1, 0.15) is 5.83 Å². The van der Waals surface area contributed by atoms with Gasteiger partial charge in [-0.3, -0.25) is 4.79 Å². The topological polar surface area (TPSA) is 37.3 Å². The van der Waals surface area contributed by atoms with Crippen LogP contribution < -0.4 is 0 Å². The molecule has 2 nitrogen and oxygen atoms in total. The first-order valence-corrected chi connectivity index (χ1v) is 3.15. The standard InChI is InChI=1S/C7H5F3O2/c8-4-1-5(12)7(10)6(9)3(4)2-11/h1,3,11H,2H2. The van der Waals surface area contributed by atoms with E-state index in [1.165, 1.54) is 0 Å². The lowest BCUT2D eigenvalue weighted by Gasteiger charge is -2.13. The molecule has 5 heteroatoms. The van der Waals surface area contributed by atoms with Gasteiger partial charge >= 0.3 is 0 Å². The molecule has 66 valence electrons. The highest BCUT2D eigenvalue weighted by molar-refractivity contribution is 6.04. The number of halogens is 3. The van der Waals surface area contributed by atoms with E-state index in [2.05, 4.69) is 0 Å².